The van der Waals surface area contributed by atoms with Crippen LogP contribution in [0, 0.1) is 12.3 Å². The zero-order valence-corrected chi connectivity index (χ0v) is 17.3. The van der Waals surface area contributed by atoms with E-state index in [1.54, 1.807) is 11.8 Å². The third-order valence-electron chi connectivity index (χ3n) is 5.38. The Morgan fingerprint density at radius 3 is 2.75 bits per heavy atom. The summed E-state index contributed by atoms with van der Waals surface area (Å²) in [5, 5.41) is 3.95. The maximum atomic E-state index is 12.9. The van der Waals surface area contributed by atoms with Gasteiger partial charge in [0.1, 0.15) is 4.88 Å². The van der Waals surface area contributed by atoms with Gasteiger partial charge in [-0.2, -0.15) is 0 Å². The van der Waals surface area contributed by atoms with Crippen LogP contribution in [0.15, 0.2) is 30.3 Å². The molecule has 0 radical (unpaired) electrons. The van der Waals surface area contributed by atoms with E-state index in [2.05, 4.69) is 21.7 Å². The van der Waals surface area contributed by atoms with E-state index >= 15 is 0 Å². The SMILES string of the molecule is CCOC(=O)C1(CCCc2ccccc2)CCCN(C(=O)c2snnc2C)C1. The van der Waals surface area contributed by atoms with Crippen molar-refractivity contribution in [3.63, 3.8) is 0 Å². The van der Waals surface area contributed by atoms with E-state index in [9.17, 15) is 9.59 Å². The highest BCUT2D eigenvalue weighted by Crippen LogP contribution is 2.37. The number of hydrogen-bond donors (Lipinski definition) is 0. The minimum absolute atomic E-state index is 0.0797. The van der Waals surface area contributed by atoms with Crippen LogP contribution in [-0.4, -0.2) is 46.1 Å². The molecule has 0 N–H and O–H groups in total. The lowest BCUT2D eigenvalue weighted by atomic mass is 9.75. The molecule has 7 heteroatoms. The number of carbonyl (C=O) groups excluding carboxylic acids is 2. The molecule has 1 aliphatic rings. The average molecular weight is 402 g/mol. The summed E-state index contributed by atoms with van der Waals surface area (Å²) in [7, 11) is 0. The van der Waals surface area contributed by atoms with Gasteiger partial charge >= 0.3 is 5.97 Å². The molecule has 6 nitrogen and oxygen atoms in total. The second kappa shape index (κ2) is 9.28. The van der Waals surface area contributed by atoms with Crippen molar-refractivity contribution in [1.82, 2.24) is 14.5 Å². The fraction of sp³-hybridized carbons (Fsp3) is 0.524. The molecule has 1 aliphatic heterocycles. The molecule has 0 aliphatic carbocycles. The molecule has 2 aromatic rings. The van der Waals surface area contributed by atoms with Gasteiger partial charge in [0.15, 0.2) is 0 Å². The summed E-state index contributed by atoms with van der Waals surface area (Å²) in [4.78, 5) is 28.2. The highest BCUT2D eigenvalue weighted by atomic mass is 32.1. The molecule has 1 atom stereocenters. The lowest BCUT2D eigenvalue weighted by Crippen LogP contribution is -2.50. The molecule has 0 saturated carbocycles. The smallest absolute Gasteiger partial charge is 0.313 e. The molecule has 0 spiro atoms. The highest BCUT2D eigenvalue weighted by molar-refractivity contribution is 7.07. The van der Waals surface area contributed by atoms with E-state index in [4.69, 9.17) is 4.74 Å². The number of esters is 1. The van der Waals surface area contributed by atoms with Crippen LogP contribution in [0.3, 0.4) is 0 Å². The van der Waals surface area contributed by atoms with Crippen molar-refractivity contribution in [2.45, 2.75) is 46.0 Å². The second-order valence-corrected chi connectivity index (χ2v) is 8.11. The molecule has 1 amide bonds. The predicted molar refractivity (Wildman–Crippen MR) is 108 cm³/mol. The minimum Gasteiger partial charge on any atom is -0.466 e. The van der Waals surface area contributed by atoms with Crippen LogP contribution < -0.4 is 0 Å². The third-order valence-corrected chi connectivity index (χ3v) is 6.20. The van der Waals surface area contributed by atoms with Crippen molar-refractivity contribution in [2.75, 3.05) is 19.7 Å². The number of benzene rings is 1. The maximum absolute atomic E-state index is 12.9. The summed E-state index contributed by atoms with van der Waals surface area (Å²) in [6.07, 6.45) is 4.05. The quantitative estimate of drug-likeness (QED) is 0.662. The van der Waals surface area contributed by atoms with E-state index in [1.165, 1.54) is 5.56 Å². The number of rotatable bonds is 7. The van der Waals surface area contributed by atoms with Crippen molar-refractivity contribution in [3.8, 4) is 0 Å². The summed E-state index contributed by atoms with van der Waals surface area (Å²) >= 11 is 1.12. The van der Waals surface area contributed by atoms with Gasteiger partial charge in [0.2, 0.25) is 0 Å². The van der Waals surface area contributed by atoms with Gasteiger partial charge in [-0.15, -0.1) is 5.10 Å². The fourth-order valence-corrected chi connectivity index (χ4v) is 4.53. The molecule has 1 saturated heterocycles. The van der Waals surface area contributed by atoms with Crippen molar-refractivity contribution < 1.29 is 14.3 Å². The van der Waals surface area contributed by atoms with Gasteiger partial charge < -0.3 is 9.64 Å². The number of ether oxygens (including phenoxy) is 1. The van der Waals surface area contributed by atoms with E-state index in [0.29, 0.717) is 36.7 Å². The summed E-state index contributed by atoms with van der Waals surface area (Å²) in [5.74, 6) is -0.261. The largest absolute Gasteiger partial charge is 0.466 e. The number of carbonyl (C=O) groups is 2. The van der Waals surface area contributed by atoms with Crippen molar-refractivity contribution >= 4 is 23.4 Å². The van der Waals surface area contributed by atoms with Crippen molar-refractivity contribution in [3.05, 3.63) is 46.5 Å². The summed E-state index contributed by atoms with van der Waals surface area (Å²) < 4.78 is 9.31. The van der Waals surface area contributed by atoms with Gasteiger partial charge in [-0.25, -0.2) is 0 Å². The lowest BCUT2D eigenvalue weighted by Gasteiger charge is -2.41. The number of likely N-dealkylation sites (tertiary alicyclic amines) is 1. The standard InChI is InChI=1S/C21H27N3O3S/c1-3-27-20(26)21(12-7-11-17-9-5-4-6-10-17)13-8-14-24(15-21)19(25)18-16(2)22-23-28-18/h4-6,9-10H,3,7-8,11-15H2,1-2H3. The van der Waals surface area contributed by atoms with E-state index < -0.39 is 5.41 Å². The van der Waals surface area contributed by atoms with E-state index in [0.717, 1.165) is 37.2 Å². The Hall–Kier alpha value is -2.28. The Bertz CT molecular complexity index is 808. The lowest BCUT2D eigenvalue weighted by molar-refractivity contribution is -0.159. The number of piperidine rings is 1. The first-order valence-corrected chi connectivity index (χ1v) is 10.6. The van der Waals surface area contributed by atoms with Crippen molar-refractivity contribution in [1.29, 1.82) is 0 Å². The molecular weight excluding hydrogens is 374 g/mol. The van der Waals surface area contributed by atoms with Gasteiger partial charge in [0.25, 0.3) is 5.91 Å². The predicted octanol–water partition coefficient (Wildman–Crippen LogP) is 3.65. The Morgan fingerprint density at radius 1 is 1.29 bits per heavy atom. The first kappa shape index (κ1) is 20.5. The van der Waals surface area contributed by atoms with Crippen LogP contribution in [0.4, 0.5) is 0 Å². The second-order valence-electron chi connectivity index (χ2n) is 7.36. The monoisotopic (exact) mass is 401 g/mol. The molecule has 1 aromatic carbocycles. The van der Waals surface area contributed by atoms with Crippen LogP contribution >= 0.6 is 11.5 Å². The first-order valence-electron chi connectivity index (χ1n) is 9.85. The summed E-state index contributed by atoms with van der Waals surface area (Å²) in [6.45, 7) is 5.02. The number of aryl methyl sites for hydroxylation is 2. The van der Waals surface area contributed by atoms with Gasteiger partial charge in [-0.1, -0.05) is 34.8 Å². The van der Waals surface area contributed by atoms with Crippen molar-refractivity contribution in [2.24, 2.45) is 5.41 Å². The number of amides is 1. The Labute approximate surface area is 170 Å². The number of hydrogen-bond acceptors (Lipinski definition) is 6. The third kappa shape index (κ3) is 4.58. The maximum Gasteiger partial charge on any atom is 0.313 e. The van der Waals surface area contributed by atoms with Gasteiger partial charge in [0.05, 0.1) is 17.7 Å². The molecular formula is C21H27N3O3S. The number of aromatic nitrogens is 2. The Kier molecular flexibility index (Phi) is 6.78. The zero-order chi connectivity index (χ0) is 20.0. The van der Waals surface area contributed by atoms with Gasteiger partial charge in [0, 0.05) is 13.1 Å². The average Bonchev–Trinajstić information content (AvgIpc) is 3.14. The van der Waals surface area contributed by atoms with Crippen LogP contribution in [0.1, 0.15) is 53.5 Å². The van der Waals surface area contributed by atoms with Gasteiger partial charge in [-0.05, 0) is 63.0 Å². The molecule has 3 rings (SSSR count). The van der Waals surface area contributed by atoms with Gasteiger partial charge in [-0.3, -0.25) is 9.59 Å². The highest BCUT2D eigenvalue weighted by Gasteiger charge is 2.44. The Morgan fingerprint density at radius 2 is 2.07 bits per heavy atom. The molecule has 1 unspecified atom stereocenters. The zero-order valence-electron chi connectivity index (χ0n) is 16.5. The molecule has 150 valence electrons. The van der Waals surface area contributed by atoms with Crippen LogP contribution in [0.2, 0.25) is 0 Å². The molecule has 28 heavy (non-hydrogen) atoms. The molecule has 2 heterocycles. The molecule has 0 bridgehead atoms. The molecule has 1 aromatic heterocycles. The number of nitrogens with zero attached hydrogens (tertiary/aromatic N) is 3. The summed E-state index contributed by atoms with van der Waals surface area (Å²) in [6, 6.07) is 10.3. The Balaban J connectivity index is 1.73. The van der Waals surface area contributed by atoms with E-state index in [-0.39, 0.29) is 11.9 Å². The van der Waals surface area contributed by atoms with E-state index in [1.807, 2.05) is 25.1 Å². The molecule has 1 fully saturated rings. The summed E-state index contributed by atoms with van der Waals surface area (Å²) in [5.41, 5.74) is 1.27. The minimum atomic E-state index is -0.634. The first-order chi connectivity index (χ1) is 13.6. The topological polar surface area (TPSA) is 72.4 Å². The normalized spacial score (nSPS) is 19.4. The van der Waals surface area contributed by atoms with Crippen LogP contribution in [0.25, 0.3) is 0 Å². The van der Waals surface area contributed by atoms with Crippen LogP contribution in [0.5, 0.6) is 0 Å². The van der Waals surface area contributed by atoms with Crippen LogP contribution in [-0.2, 0) is 16.0 Å². The fourth-order valence-electron chi connectivity index (χ4n) is 3.91.